The lowest BCUT2D eigenvalue weighted by molar-refractivity contribution is -0.155. The molecular formula is C23H32N4O3. The van der Waals surface area contributed by atoms with Gasteiger partial charge in [-0.3, -0.25) is 19.4 Å². The number of aromatic nitrogens is 1. The van der Waals surface area contributed by atoms with Crippen molar-refractivity contribution in [2.24, 2.45) is 5.92 Å². The van der Waals surface area contributed by atoms with Gasteiger partial charge in [-0.2, -0.15) is 0 Å². The maximum absolute atomic E-state index is 13.1. The van der Waals surface area contributed by atoms with Gasteiger partial charge >= 0.3 is 0 Å². The van der Waals surface area contributed by atoms with Crippen LogP contribution in [-0.2, 0) is 20.8 Å². The molecule has 1 aliphatic carbocycles. The summed E-state index contributed by atoms with van der Waals surface area (Å²) in [5.41, 5.74) is 0.924. The van der Waals surface area contributed by atoms with Gasteiger partial charge in [0.1, 0.15) is 6.04 Å². The molecule has 0 radical (unpaired) electrons. The first kappa shape index (κ1) is 20.8. The maximum atomic E-state index is 13.1. The van der Waals surface area contributed by atoms with E-state index in [1.54, 1.807) is 6.20 Å². The number of pyridine rings is 1. The Labute approximate surface area is 178 Å². The zero-order valence-electron chi connectivity index (χ0n) is 17.8. The van der Waals surface area contributed by atoms with E-state index in [1.165, 1.54) is 0 Å². The molecule has 1 saturated carbocycles. The third-order valence-electron chi connectivity index (χ3n) is 6.95. The summed E-state index contributed by atoms with van der Waals surface area (Å²) in [5, 5.41) is 3.12. The molecule has 7 nitrogen and oxygen atoms in total. The molecule has 162 valence electrons. The van der Waals surface area contributed by atoms with Crippen molar-refractivity contribution in [3.05, 3.63) is 30.1 Å². The Kier molecular flexibility index (Phi) is 6.35. The second-order valence-electron chi connectivity index (χ2n) is 8.93. The fraction of sp³-hybridized carbons (Fsp3) is 0.652. The first-order valence-electron chi connectivity index (χ1n) is 11.3. The van der Waals surface area contributed by atoms with Crippen LogP contribution < -0.4 is 5.32 Å². The Hall–Kier alpha value is -2.44. The molecule has 2 saturated heterocycles. The molecule has 0 spiro atoms. The topological polar surface area (TPSA) is 82.6 Å². The van der Waals surface area contributed by atoms with Crippen LogP contribution in [0.3, 0.4) is 0 Å². The third kappa shape index (κ3) is 4.50. The van der Waals surface area contributed by atoms with Crippen LogP contribution in [-0.4, -0.2) is 63.7 Å². The molecule has 2 aliphatic heterocycles. The van der Waals surface area contributed by atoms with Gasteiger partial charge in [0.2, 0.25) is 17.7 Å². The highest BCUT2D eigenvalue weighted by Gasteiger charge is 2.43. The van der Waals surface area contributed by atoms with Gasteiger partial charge in [-0.25, -0.2) is 0 Å². The fourth-order valence-corrected chi connectivity index (χ4v) is 5.16. The SMILES string of the molecule is C[C@@H]1C(=O)N2CCC[C@H]2CN1C(=O)C1CCC(NC(=O)CCc2ccccn2)CC1. The van der Waals surface area contributed by atoms with Crippen molar-refractivity contribution in [2.45, 2.75) is 76.4 Å². The van der Waals surface area contributed by atoms with Crippen molar-refractivity contribution in [3.63, 3.8) is 0 Å². The zero-order chi connectivity index (χ0) is 21.1. The molecule has 3 fully saturated rings. The van der Waals surface area contributed by atoms with Gasteiger partial charge in [-0.05, 0) is 64.0 Å². The summed E-state index contributed by atoms with van der Waals surface area (Å²) < 4.78 is 0. The van der Waals surface area contributed by atoms with Crippen LogP contribution in [0.4, 0.5) is 0 Å². The van der Waals surface area contributed by atoms with Crippen molar-refractivity contribution in [2.75, 3.05) is 13.1 Å². The molecule has 1 N–H and O–H groups in total. The van der Waals surface area contributed by atoms with Crippen molar-refractivity contribution in [1.82, 2.24) is 20.1 Å². The minimum absolute atomic E-state index is 0.0325. The molecular weight excluding hydrogens is 380 g/mol. The van der Waals surface area contributed by atoms with Crippen LogP contribution in [0.15, 0.2) is 24.4 Å². The van der Waals surface area contributed by atoms with Crippen LogP contribution in [0, 0.1) is 5.92 Å². The number of piperazine rings is 1. The number of rotatable bonds is 5. The van der Waals surface area contributed by atoms with Crippen molar-refractivity contribution < 1.29 is 14.4 Å². The lowest BCUT2D eigenvalue weighted by atomic mass is 9.84. The first-order chi connectivity index (χ1) is 14.5. The molecule has 3 aliphatic rings. The van der Waals surface area contributed by atoms with E-state index < -0.39 is 0 Å². The van der Waals surface area contributed by atoms with E-state index in [2.05, 4.69) is 10.3 Å². The number of carbonyl (C=O) groups excluding carboxylic acids is 3. The van der Waals surface area contributed by atoms with E-state index in [4.69, 9.17) is 0 Å². The molecule has 30 heavy (non-hydrogen) atoms. The summed E-state index contributed by atoms with van der Waals surface area (Å²) >= 11 is 0. The predicted octanol–water partition coefficient (Wildman–Crippen LogP) is 1.91. The second kappa shape index (κ2) is 9.14. The standard InChI is InChI=1S/C23H32N4O3/c1-16-22(29)26-14-4-6-20(26)15-27(16)23(30)17-7-9-19(10-8-17)25-21(28)12-11-18-5-2-3-13-24-18/h2-3,5,13,16-17,19-20H,4,6-12,14-15H2,1H3,(H,25,28)/t16-,17?,19?,20+/m1/s1. The molecule has 0 bridgehead atoms. The molecule has 0 unspecified atom stereocenters. The van der Waals surface area contributed by atoms with Gasteiger partial charge in [0.25, 0.3) is 0 Å². The van der Waals surface area contributed by atoms with E-state index in [1.807, 2.05) is 34.9 Å². The minimum Gasteiger partial charge on any atom is -0.353 e. The zero-order valence-corrected chi connectivity index (χ0v) is 17.8. The molecule has 7 heteroatoms. The molecule has 3 amide bonds. The summed E-state index contributed by atoms with van der Waals surface area (Å²) in [6.45, 7) is 3.37. The van der Waals surface area contributed by atoms with E-state index in [9.17, 15) is 14.4 Å². The van der Waals surface area contributed by atoms with Crippen LogP contribution in [0.2, 0.25) is 0 Å². The Morgan fingerprint density at radius 1 is 1.17 bits per heavy atom. The van der Waals surface area contributed by atoms with Gasteiger partial charge in [0.15, 0.2) is 0 Å². The Balaban J connectivity index is 1.23. The van der Waals surface area contributed by atoms with Crippen LogP contribution in [0.5, 0.6) is 0 Å². The molecule has 0 aromatic carbocycles. The quantitative estimate of drug-likeness (QED) is 0.801. The smallest absolute Gasteiger partial charge is 0.245 e. The number of hydrogen-bond donors (Lipinski definition) is 1. The molecule has 1 aromatic heterocycles. The lowest BCUT2D eigenvalue weighted by Gasteiger charge is -2.43. The fourth-order valence-electron chi connectivity index (χ4n) is 5.16. The van der Waals surface area contributed by atoms with Gasteiger partial charge in [-0.1, -0.05) is 6.07 Å². The third-order valence-corrected chi connectivity index (χ3v) is 6.95. The van der Waals surface area contributed by atoms with Crippen LogP contribution in [0.1, 0.15) is 57.6 Å². The van der Waals surface area contributed by atoms with E-state index in [0.717, 1.165) is 50.8 Å². The van der Waals surface area contributed by atoms with Crippen molar-refractivity contribution in [3.8, 4) is 0 Å². The Bertz CT molecular complexity index is 776. The van der Waals surface area contributed by atoms with E-state index >= 15 is 0 Å². The number of nitrogens with one attached hydrogen (secondary N) is 1. The number of fused-ring (bicyclic) bond motifs is 1. The summed E-state index contributed by atoms with van der Waals surface area (Å²) in [4.78, 5) is 46.1. The number of aryl methyl sites for hydroxylation is 1. The van der Waals surface area contributed by atoms with Crippen LogP contribution in [0.25, 0.3) is 0 Å². The van der Waals surface area contributed by atoms with Crippen LogP contribution >= 0.6 is 0 Å². The van der Waals surface area contributed by atoms with Crippen molar-refractivity contribution in [1.29, 1.82) is 0 Å². The van der Waals surface area contributed by atoms with Gasteiger partial charge in [0, 0.05) is 49.4 Å². The van der Waals surface area contributed by atoms with Crippen molar-refractivity contribution >= 4 is 17.7 Å². The monoisotopic (exact) mass is 412 g/mol. The van der Waals surface area contributed by atoms with Gasteiger partial charge < -0.3 is 15.1 Å². The highest BCUT2D eigenvalue weighted by Crippen LogP contribution is 2.31. The van der Waals surface area contributed by atoms with Gasteiger partial charge in [0.05, 0.1) is 0 Å². The summed E-state index contributed by atoms with van der Waals surface area (Å²) in [6, 6.07) is 5.72. The lowest BCUT2D eigenvalue weighted by Crippen LogP contribution is -2.61. The largest absolute Gasteiger partial charge is 0.353 e. The normalized spacial score (nSPS) is 28.9. The number of carbonyl (C=O) groups is 3. The number of amides is 3. The first-order valence-corrected chi connectivity index (χ1v) is 11.3. The molecule has 1 aromatic rings. The van der Waals surface area contributed by atoms with E-state index in [0.29, 0.717) is 19.4 Å². The highest BCUT2D eigenvalue weighted by molar-refractivity contribution is 5.90. The maximum Gasteiger partial charge on any atom is 0.245 e. The summed E-state index contributed by atoms with van der Waals surface area (Å²) in [6.07, 6.45) is 8.03. The summed E-state index contributed by atoms with van der Waals surface area (Å²) in [5.74, 6) is 0.246. The number of nitrogens with zero attached hydrogens (tertiary/aromatic N) is 3. The minimum atomic E-state index is -0.351. The highest BCUT2D eigenvalue weighted by atomic mass is 16.2. The average molecular weight is 413 g/mol. The van der Waals surface area contributed by atoms with E-state index in [-0.39, 0.29) is 41.8 Å². The number of hydrogen-bond acceptors (Lipinski definition) is 4. The average Bonchev–Trinajstić information content (AvgIpc) is 3.24. The predicted molar refractivity (Wildman–Crippen MR) is 112 cm³/mol. The Morgan fingerprint density at radius 3 is 2.70 bits per heavy atom. The molecule has 4 rings (SSSR count). The van der Waals surface area contributed by atoms with Gasteiger partial charge in [-0.15, -0.1) is 0 Å². The summed E-state index contributed by atoms with van der Waals surface area (Å²) in [7, 11) is 0. The Morgan fingerprint density at radius 2 is 1.97 bits per heavy atom. The molecule has 2 atom stereocenters. The molecule has 3 heterocycles. The second-order valence-corrected chi connectivity index (χ2v) is 8.93.